The van der Waals surface area contributed by atoms with Crippen LogP contribution in [0.3, 0.4) is 0 Å². The summed E-state index contributed by atoms with van der Waals surface area (Å²) in [4.78, 5) is 61.4. The number of carbonyl (C=O) groups excluding carboxylic acids is 4. The first kappa shape index (κ1) is 33.4. The van der Waals surface area contributed by atoms with E-state index in [4.69, 9.17) is 9.47 Å². The van der Waals surface area contributed by atoms with Gasteiger partial charge in [-0.05, 0) is 57.0 Å². The number of nitrogens with one attached hydrogen (secondary N) is 1. The van der Waals surface area contributed by atoms with Crippen LogP contribution in [0.15, 0.2) is 78.9 Å². The minimum atomic E-state index is -1.47. The minimum Gasteiger partial charge on any atom is -0.463 e. The number of likely N-dealkylation sites (tertiary alicyclic amines) is 1. The first-order valence-corrected chi connectivity index (χ1v) is 16.9. The number of rotatable bonds is 7. The Hall–Kier alpha value is -4.48. The van der Waals surface area contributed by atoms with Crippen LogP contribution in [0.2, 0.25) is 0 Å². The monoisotopic (exact) mass is 656 g/mol. The number of benzene rings is 2. The Kier molecular flexibility index (Phi) is 9.70. The highest BCUT2D eigenvalue weighted by molar-refractivity contribution is 6.06. The lowest BCUT2D eigenvalue weighted by atomic mass is 9.77. The highest BCUT2D eigenvalue weighted by atomic mass is 16.5. The van der Waals surface area contributed by atoms with Crippen molar-refractivity contribution >= 4 is 35.1 Å². The molecule has 0 radical (unpaired) electrons. The van der Waals surface area contributed by atoms with Crippen LogP contribution in [-0.4, -0.2) is 90.3 Å². The summed E-state index contributed by atoms with van der Waals surface area (Å²) in [5.74, 6) is -3.65. The van der Waals surface area contributed by atoms with E-state index >= 15 is 0 Å². The van der Waals surface area contributed by atoms with Gasteiger partial charge in [-0.1, -0.05) is 54.6 Å². The molecule has 7 atom stereocenters. The maximum absolute atomic E-state index is 14.7. The fourth-order valence-corrected chi connectivity index (χ4v) is 7.60. The fraction of sp³-hybridized carbons (Fsp3) is 0.459. The zero-order valence-electron chi connectivity index (χ0n) is 27.7. The second-order valence-electron chi connectivity index (χ2n) is 12.8. The van der Waals surface area contributed by atoms with Gasteiger partial charge in [-0.2, -0.15) is 0 Å². The third-order valence-corrected chi connectivity index (χ3v) is 10.0. The Morgan fingerprint density at radius 1 is 1.00 bits per heavy atom. The van der Waals surface area contributed by atoms with Crippen molar-refractivity contribution in [2.75, 3.05) is 42.6 Å². The van der Waals surface area contributed by atoms with E-state index in [-0.39, 0.29) is 38.1 Å². The fourth-order valence-electron chi connectivity index (χ4n) is 7.60. The van der Waals surface area contributed by atoms with E-state index in [2.05, 4.69) is 24.1 Å². The van der Waals surface area contributed by atoms with Gasteiger partial charge >= 0.3 is 5.97 Å². The van der Waals surface area contributed by atoms with Gasteiger partial charge in [0.05, 0.1) is 36.6 Å². The van der Waals surface area contributed by atoms with Gasteiger partial charge in [-0.25, -0.2) is 0 Å². The molecule has 3 amide bonds. The maximum atomic E-state index is 14.7. The van der Waals surface area contributed by atoms with E-state index in [0.717, 1.165) is 24.3 Å². The van der Waals surface area contributed by atoms with Gasteiger partial charge in [0, 0.05) is 37.4 Å². The Morgan fingerprint density at radius 2 is 1.73 bits per heavy atom. The summed E-state index contributed by atoms with van der Waals surface area (Å²) < 4.78 is 12.3. The molecule has 2 aromatic carbocycles. The molecule has 4 heterocycles. The Balaban J connectivity index is 1.40. The number of allylic oxidation sites excluding steroid dienone is 1. The standard InChI is InChI=1S/C37H44N4O7/c1-4-39(5-2)26-16-18-27(19-17-26)40-21-11-20-37-32(35(45)41(24(3)22-42)33(37)36(40)46)31-29(48-37)14-9-10-15-30(43)47-23-28(38-34(31)44)25-12-7-6-8-13-25/h6-9,11-14,16-20,24,28-29,31-33,42H,4-5,10,15,21-23H2,1-3H3,(H,38,44)/b14-9-/t24-,28-,29+,31-,32-,33+,37-/m1/s1. The molecule has 2 saturated heterocycles. The zero-order chi connectivity index (χ0) is 34.0. The Labute approximate surface area is 281 Å². The molecule has 48 heavy (non-hydrogen) atoms. The third-order valence-electron chi connectivity index (χ3n) is 10.0. The average Bonchev–Trinajstić information content (AvgIpc) is 3.50. The van der Waals surface area contributed by atoms with Gasteiger partial charge in [-0.3, -0.25) is 19.2 Å². The molecule has 0 aliphatic carbocycles. The molecule has 6 rings (SSSR count). The molecule has 2 aromatic rings. The van der Waals surface area contributed by atoms with Crippen LogP contribution in [0, 0.1) is 11.8 Å². The van der Waals surface area contributed by atoms with Crippen molar-refractivity contribution in [1.29, 1.82) is 0 Å². The van der Waals surface area contributed by atoms with Crippen LogP contribution >= 0.6 is 0 Å². The molecule has 0 unspecified atom stereocenters. The quantitative estimate of drug-likeness (QED) is 0.344. The van der Waals surface area contributed by atoms with E-state index in [1.807, 2.05) is 60.7 Å². The topological polar surface area (TPSA) is 129 Å². The Bertz CT molecular complexity index is 1570. The van der Waals surface area contributed by atoms with Crippen LogP contribution in [0.5, 0.6) is 0 Å². The highest BCUT2D eigenvalue weighted by Gasteiger charge is 2.72. The lowest BCUT2D eigenvalue weighted by Gasteiger charge is -2.37. The summed E-state index contributed by atoms with van der Waals surface area (Å²) in [6.07, 6.45) is 6.75. The molecule has 4 aliphatic rings. The van der Waals surface area contributed by atoms with Gasteiger partial charge in [0.25, 0.3) is 5.91 Å². The summed E-state index contributed by atoms with van der Waals surface area (Å²) >= 11 is 0. The first-order valence-electron chi connectivity index (χ1n) is 16.9. The number of aliphatic hydroxyl groups excluding tert-OH is 1. The van der Waals surface area contributed by atoms with Crippen LogP contribution in [0.4, 0.5) is 11.4 Å². The summed E-state index contributed by atoms with van der Waals surface area (Å²) in [5, 5.41) is 13.3. The molecule has 2 fully saturated rings. The van der Waals surface area contributed by atoms with Crippen molar-refractivity contribution in [2.45, 2.75) is 63.4 Å². The normalized spacial score (nSPS) is 30.2. The van der Waals surface area contributed by atoms with Gasteiger partial charge < -0.3 is 34.6 Å². The lowest BCUT2D eigenvalue weighted by molar-refractivity contribution is -0.146. The van der Waals surface area contributed by atoms with Crippen LogP contribution in [0.1, 0.15) is 45.2 Å². The number of hydrogen-bond donors (Lipinski definition) is 2. The average molecular weight is 657 g/mol. The number of fused-ring (bicyclic) bond motifs is 2. The predicted molar refractivity (Wildman–Crippen MR) is 180 cm³/mol. The molecule has 0 bridgehead atoms. The number of esters is 1. The number of aliphatic hydroxyl groups is 1. The smallest absolute Gasteiger partial charge is 0.306 e. The number of ether oxygens (including phenoxy) is 2. The predicted octanol–water partition coefficient (Wildman–Crippen LogP) is 3.15. The largest absolute Gasteiger partial charge is 0.463 e. The number of cyclic esters (lactones) is 1. The van der Waals surface area contributed by atoms with Crippen LogP contribution in [0.25, 0.3) is 0 Å². The van der Waals surface area contributed by atoms with Gasteiger partial charge in [0.15, 0.2) is 0 Å². The van der Waals surface area contributed by atoms with Crippen molar-refractivity contribution in [1.82, 2.24) is 10.2 Å². The zero-order valence-corrected chi connectivity index (χ0v) is 27.7. The van der Waals surface area contributed by atoms with Crippen molar-refractivity contribution < 1.29 is 33.8 Å². The van der Waals surface area contributed by atoms with Crippen LogP contribution < -0.4 is 15.1 Å². The van der Waals surface area contributed by atoms with E-state index < -0.39 is 53.5 Å². The molecule has 11 heteroatoms. The molecular weight excluding hydrogens is 612 g/mol. The van der Waals surface area contributed by atoms with Crippen molar-refractivity contribution in [2.24, 2.45) is 11.8 Å². The maximum Gasteiger partial charge on any atom is 0.306 e. The van der Waals surface area contributed by atoms with Crippen LogP contribution in [-0.2, 0) is 28.7 Å². The number of nitrogens with zero attached hydrogens (tertiary/aromatic N) is 3. The van der Waals surface area contributed by atoms with Crippen molar-refractivity contribution in [3.05, 3.63) is 84.5 Å². The van der Waals surface area contributed by atoms with E-state index in [1.54, 1.807) is 30.1 Å². The summed E-state index contributed by atoms with van der Waals surface area (Å²) in [5.41, 5.74) is 0.980. The number of anilines is 2. The second-order valence-corrected chi connectivity index (χ2v) is 12.8. The van der Waals surface area contributed by atoms with Gasteiger partial charge in [0.2, 0.25) is 11.8 Å². The second kappa shape index (κ2) is 13.9. The summed E-state index contributed by atoms with van der Waals surface area (Å²) in [6.45, 7) is 7.35. The van der Waals surface area contributed by atoms with Gasteiger partial charge in [-0.15, -0.1) is 0 Å². The Morgan fingerprint density at radius 3 is 2.42 bits per heavy atom. The molecule has 254 valence electrons. The molecule has 11 nitrogen and oxygen atoms in total. The molecule has 2 N–H and O–H groups in total. The minimum absolute atomic E-state index is 0.0724. The van der Waals surface area contributed by atoms with E-state index in [1.165, 1.54) is 4.90 Å². The first-order chi connectivity index (χ1) is 23.2. The molecule has 0 saturated carbocycles. The van der Waals surface area contributed by atoms with Gasteiger partial charge in [0.1, 0.15) is 18.2 Å². The SMILES string of the molecule is CCN(CC)c1ccc(N2CC=C[C@@]34O[C@H]5/C=C\CCC(=O)OC[C@H](c6ccccc6)NC(=O)[C@H]5[C@@H]3C(=O)N([C@H](C)CO)[C@H]4C2=O)cc1. The van der Waals surface area contributed by atoms with Crippen molar-refractivity contribution in [3.63, 3.8) is 0 Å². The number of carbonyl (C=O) groups is 4. The van der Waals surface area contributed by atoms with Crippen molar-refractivity contribution in [3.8, 4) is 0 Å². The highest BCUT2D eigenvalue weighted by Crippen LogP contribution is 2.53. The molecule has 1 spiro atoms. The third kappa shape index (κ3) is 5.90. The summed E-state index contributed by atoms with van der Waals surface area (Å²) in [7, 11) is 0. The summed E-state index contributed by atoms with van der Waals surface area (Å²) in [6, 6.07) is 14.5. The number of hydrogen-bond acceptors (Lipinski definition) is 8. The molecular formula is C37H44N4O7. The number of amides is 3. The van der Waals surface area contributed by atoms with E-state index in [0.29, 0.717) is 12.1 Å². The molecule has 4 aliphatic heterocycles. The lowest BCUT2D eigenvalue weighted by Crippen LogP contribution is -2.57. The molecule has 0 aromatic heterocycles. The van der Waals surface area contributed by atoms with E-state index in [9.17, 15) is 24.3 Å².